The molecular formula is C13H16BrN3O. The molecule has 96 valence electrons. The van der Waals surface area contributed by atoms with Gasteiger partial charge in [0.2, 0.25) is 0 Å². The molecule has 0 bridgehead atoms. The number of aryl methyl sites for hydroxylation is 1. The third kappa shape index (κ3) is 2.91. The number of hydrogen-bond donors (Lipinski definition) is 1. The first-order valence-electron chi connectivity index (χ1n) is 5.69. The molecule has 2 rings (SSSR count). The lowest BCUT2D eigenvalue weighted by atomic mass is 10.2. The van der Waals surface area contributed by atoms with E-state index in [1.165, 1.54) is 0 Å². The van der Waals surface area contributed by atoms with E-state index in [4.69, 9.17) is 0 Å². The number of phenolic OH excluding ortho intramolecular Hbond substituents is 1. The van der Waals surface area contributed by atoms with Crippen LogP contribution in [-0.4, -0.2) is 26.6 Å². The van der Waals surface area contributed by atoms with Crippen LogP contribution < -0.4 is 0 Å². The molecule has 1 aromatic carbocycles. The Labute approximate surface area is 115 Å². The second kappa shape index (κ2) is 5.54. The number of benzene rings is 1. The van der Waals surface area contributed by atoms with Crippen LogP contribution in [0.1, 0.15) is 11.4 Å². The largest absolute Gasteiger partial charge is 0.506 e. The van der Waals surface area contributed by atoms with Gasteiger partial charge in [0.25, 0.3) is 0 Å². The molecule has 0 spiro atoms. The van der Waals surface area contributed by atoms with Gasteiger partial charge in [-0.1, -0.05) is 12.1 Å². The second-order valence-electron chi connectivity index (χ2n) is 4.37. The number of imidazole rings is 1. The summed E-state index contributed by atoms with van der Waals surface area (Å²) >= 11 is 3.32. The van der Waals surface area contributed by atoms with Gasteiger partial charge in [0.1, 0.15) is 11.6 Å². The molecular weight excluding hydrogens is 294 g/mol. The predicted molar refractivity (Wildman–Crippen MR) is 74.2 cm³/mol. The Balaban J connectivity index is 2.05. The molecule has 0 aliphatic heterocycles. The van der Waals surface area contributed by atoms with Gasteiger partial charge in [-0.15, -0.1) is 0 Å². The Bertz CT molecular complexity index is 539. The van der Waals surface area contributed by atoms with E-state index in [0.717, 1.165) is 22.4 Å². The van der Waals surface area contributed by atoms with Crippen molar-refractivity contribution in [1.82, 2.24) is 14.5 Å². The van der Waals surface area contributed by atoms with Crippen LogP contribution in [0.3, 0.4) is 0 Å². The van der Waals surface area contributed by atoms with Gasteiger partial charge in [0.15, 0.2) is 0 Å². The summed E-state index contributed by atoms with van der Waals surface area (Å²) in [5.74, 6) is 1.32. The summed E-state index contributed by atoms with van der Waals surface area (Å²) in [6, 6.07) is 5.68. The minimum absolute atomic E-state index is 0.309. The lowest BCUT2D eigenvalue weighted by molar-refractivity contribution is 0.301. The van der Waals surface area contributed by atoms with Crippen molar-refractivity contribution in [3.63, 3.8) is 0 Å². The van der Waals surface area contributed by atoms with Gasteiger partial charge >= 0.3 is 0 Å². The maximum atomic E-state index is 9.93. The molecule has 0 unspecified atom stereocenters. The van der Waals surface area contributed by atoms with Crippen molar-refractivity contribution >= 4 is 15.9 Å². The maximum absolute atomic E-state index is 9.93. The Morgan fingerprint density at radius 3 is 2.83 bits per heavy atom. The Kier molecular flexibility index (Phi) is 4.04. The lowest BCUT2D eigenvalue weighted by Gasteiger charge is -2.17. The molecule has 1 heterocycles. The predicted octanol–water partition coefficient (Wildman–Crippen LogP) is 2.52. The number of hydrogen-bond acceptors (Lipinski definition) is 3. The van der Waals surface area contributed by atoms with Crippen LogP contribution in [0.15, 0.2) is 35.1 Å². The van der Waals surface area contributed by atoms with Gasteiger partial charge in [-0.05, 0) is 29.0 Å². The van der Waals surface area contributed by atoms with Crippen LogP contribution in [0.2, 0.25) is 0 Å². The van der Waals surface area contributed by atoms with Crippen molar-refractivity contribution in [3.05, 3.63) is 46.5 Å². The Morgan fingerprint density at radius 2 is 2.17 bits per heavy atom. The molecule has 0 amide bonds. The van der Waals surface area contributed by atoms with E-state index >= 15 is 0 Å². The van der Waals surface area contributed by atoms with Crippen molar-refractivity contribution in [2.45, 2.75) is 13.1 Å². The van der Waals surface area contributed by atoms with Crippen molar-refractivity contribution < 1.29 is 5.11 Å². The highest BCUT2D eigenvalue weighted by Gasteiger charge is 2.09. The molecule has 0 saturated carbocycles. The summed E-state index contributed by atoms with van der Waals surface area (Å²) < 4.78 is 2.72. The Morgan fingerprint density at radius 1 is 1.39 bits per heavy atom. The molecule has 4 nitrogen and oxygen atoms in total. The lowest BCUT2D eigenvalue weighted by Crippen LogP contribution is -2.19. The highest BCUT2D eigenvalue weighted by Crippen LogP contribution is 2.28. The summed E-state index contributed by atoms with van der Waals surface area (Å²) in [4.78, 5) is 6.40. The van der Waals surface area contributed by atoms with Gasteiger partial charge < -0.3 is 9.67 Å². The molecule has 0 saturated heterocycles. The van der Waals surface area contributed by atoms with Crippen molar-refractivity contribution in [2.75, 3.05) is 7.05 Å². The average molecular weight is 310 g/mol. The molecule has 1 N–H and O–H groups in total. The van der Waals surface area contributed by atoms with Crippen LogP contribution in [-0.2, 0) is 20.1 Å². The molecule has 2 aromatic rings. The highest BCUT2D eigenvalue weighted by atomic mass is 79.9. The van der Waals surface area contributed by atoms with Crippen molar-refractivity contribution in [2.24, 2.45) is 7.05 Å². The number of aromatic hydroxyl groups is 1. The van der Waals surface area contributed by atoms with Crippen molar-refractivity contribution in [1.29, 1.82) is 0 Å². The Hall–Kier alpha value is -1.33. The minimum Gasteiger partial charge on any atom is -0.506 e. The van der Waals surface area contributed by atoms with E-state index in [1.807, 2.05) is 43.1 Å². The summed E-state index contributed by atoms with van der Waals surface area (Å²) in [6.07, 6.45) is 3.72. The second-order valence-corrected chi connectivity index (χ2v) is 5.23. The number of rotatable bonds is 4. The zero-order chi connectivity index (χ0) is 13.1. The van der Waals surface area contributed by atoms with Gasteiger partial charge in [0, 0.05) is 31.5 Å². The third-order valence-electron chi connectivity index (χ3n) is 2.84. The van der Waals surface area contributed by atoms with Crippen LogP contribution >= 0.6 is 15.9 Å². The fourth-order valence-electron chi connectivity index (χ4n) is 1.82. The average Bonchev–Trinajstić information content (AvgIpc) is 2.71. The zero-order valence-corrected chi connectivity index (χ0v) is 12.1. The van der Waals surface area contributed by atoms with E-state index in [2.05, 4.69) is 25.8 Å². The zero-order valence-electron chi connectivity index (χ0n) is 10.5. The van der Waals surface area contributed by atoms with E-state index in [9.17, 15) is 5.11 Å². The van der Waals surface area contributed by atoms with E-state index in [0.29, 0.717) is 12.3 Å². The quantitative estimate of drug-likeness (QED) is 0.943. The van der Waals surface area contributed by atoms with Gasteiger partial charge in [-0.25, -0.2) is 4.98 Å². The van der Waals surface area contributed by atoms with Crippen LogP contribution in [0.25, 0.3) is 0 Å². The van der Waals surface area contributed by atoms with Crippen LogP contribution in [0.5, 0.6) is 5.75 Å². The molecule has 0 atom stereocenters. The summed E-state index contributed by atoms with van der Waals surface area (Å²) in [6.45, 7) is 1.42. The highest BCUT2D eigenvalue weighted by molar-refractivity contribution is 9.10. The number of nitrogens with zero attached hydrogens (tertiary/aromatic N) is 3. The van der Waals surface area contributed by atoms with Crippen LogP contribution in [0.4, 0.5) is 0 Å². The van der Waals surface area contributed by atoms with Gasteiger partial charge in [-0.2, -0.15) is 0 Å². The molecule has 5 heteroatoms. The molecule has 0 aliphatic rings. The fourth-order valence-corrected chi connectivity index (χ4v) is 2.23. The SMILES string of the molecule is CN(Cc1cccc(Br)c1O)Cc1nccn1C. The fraction of sp³-hybridized carbons (Fsp3) is 0.308. The van der Waals surface area contributed by atoms with Crippen LogP contribution in [0, 0.1) is 0 Å². The molecule has 0 radical (unpaired) electrons. The number of para-hydroxylation sites is 1. The molecule has 1 aromatic heterocycles. The first kappa shape index (κ1) is 13.1. The normalized spacial score (nSPS) is 11.1. The van der Waals surface area contributed by atoms with E-state index in [-0.39, 0.29) is 0 Å². The number of phenols is 1. The summed E-state index contributed by atoms with van der Waals surface area (Å²) in [7, 11) is 3.99. The number of halogens is 1. The third-order valence-corrected chi connectivity index (χ3v) is 3.48. The van der Waals surface area contributed by atoms with Crippen molar-refractivity contribution in [3.8, 4) is 5.75 Å². The molecule has 0 aliphatic carbocycles. The minimum atomic E-state index is 0.309. The van der Waals surface area contributed by atoms with Gasteiger partial charge in [0.05, 0.1) is 11.0 Å². The number of aromatic nitrogens is 2. The maximum Gasteiger partial charge on any atom is 0.134 e. The first-order chi connectivity index (χ1) is 8.58. The summed E-state index contributed by atoms with van der Waals surface area (Å²) in [5.41, 5.74) is 0.904. The molecule has 0 fully saturated rings. The molecule has 18 heavy (non-hydrogen) atoms. The summed E-state index contributed by atoms with van der Waals surface area (Å²) in [5, 5.41) is 9.93. The monoisotopic (exact) mass is 309 g/mol. The standard InChI is InChI=1S/C13H16BrN3O/c1-16(9-12-15-6-7-17(12)2)8-10-4-3-5-11(14)13(10)18/h3-7,18H,8-9H2,1-2H3. The van der Waals surface area contributed by atoms with E-state index in [1.54, 1.807) is 6.20 Å². The van der Waals surface area contributed by atoms with E-state index < -0.39 is 0 Å². The topological polar surface area (TPSA) is 41.3 Å². The first-order valence-corrected chi connectivity index (χ1v) is 6.48. The smallest absolute Gasteiger partial charge is 0.134 e. The van der Waals surface area contributed by atoms with Gasteiger partial charge in [-0.3, -0.25) is 4.90 Å².